The highest BCUT2D eigenvalue weighted by atomic mass is 19.1. The Morgan fingerprint density at radius 1 is 0.919 bits per heavy atom. The third-order valence-electron chi connectivity index (χ3n) is 6.39. The molecule has 3 N–H and O–H groups in total. The Bertz CT molecular complexity index is 1340. The summed E-state index contributed by atoms with van der Waals surface area (Å²) in [6.07, 6.45) is -1.90. The number of fused-ring (bicyclic) bond motifs is 3. The third-order valence-corrected chi connectivity index (χ3v) is 6.39. The molecule has 3 atom stereocenters. The first-order chi connectivity index (χ1) is 17.6. The van der Waals surface area contributed by atoms with Crippen molar-refractivity contribution in [2.45, 2.75) is 32.0 Å². The van der Waals surface area contributed by atoms with E-state index in [-0.39, 0.29) is 11.5 Å². The van der Waals surface area contributed by atoms with Gasteiger partial charge in [0.15, 0.2) is 6.10 Å². The van der Waals surface area contributed by atoms with Gasteiger partial charge in [0.05, 0.1) is 5.69 Å². The number of para-hydroxylation sites is 1. The maximum absolute atomic E-state index is 13.6. The van der Waals surface area contributed by atoms with Crippen LogP contribution in [0.5, 0.6) is 0 Å². The van der Waals surface area contributed by atoms with E-state index in [0.717, 1.165) is 23.3 Å². The zero-order valence-corrected chi connectivity index (χ0v) is 20.5. The SMILES string of the molecule is CC(C)C(NC(=O)C(O)c1cc(F)cc(F)c1)C(=O)NC1C(=O)N(C)c2ccccc2-c2ccccc21. The summed E-state index contributed by atoms with van der Waals surface area (Å²) in [5.41, 5.74) is 2.63. The van der Waals surface area contributed by atoms with Gasteiger partial charge in [-0.05, 0) is 40.8 Å². The van der Waals surface area contributed by atoms with Crippen molar-refractivity contribution < 1.29 is 28.3 Å². The van der Waals surface area contributed by atoms with E-state index in [2.05, 4.69) is 10.6 Å². The summed E-state index contributed by atoms with van der Waals surface area (Å²) in [5, 5.41) is 15.6. The first-order valence-corrected chi connectivity index (χ1v) is 11.8. The molecule has 0 bridgehead atoms. The van der Waals surface area contributed by atoms with Crippen molar-refractivity contribution >= 4 is 23.4 Å². The number of hydrogen-bond donors (Lipinski definition) is 3. The van der Waals surface area contributed by atoms with Crippen molar-refractivity contribution in [2.75, 3.05) is 11.9 Å². The lowest BCUT2D eigenvalue weighted by atomic mass is 9.94. The second-order valence-electron chi connectivity index (χ2n) is 9.28. The highest BCUT2D eigenvalue weighted by molar-refractivity contribution is 6.06. The first-order valence-electron chi connectivity index (χ1n) is 11.8. The minimum Gasteiger partial charge on any atom is -0.378 e. The van der Waals surface area contributed by atoms with Gasteiger partial charge in [0.2, 0.25) is 5.91 Å². The molecule has 3 aromatic carbocycles. The molecule has 7 nitrogen and oxygen atoms in total. The average Bonchev–Trinajstić information content (AvgIpc) is 2.95. The summed E-state index contributed by atoms with van der Waals surface area (Å²) in [6, 6.07) is 14.8. The van der Waals surface area contributed by atoms with E-state index < -0.39 is 47.6 Å². The summed E-state index contributed by atoms with van der Waals surface area (Å²) in [5.74, 6) is -4.35. The van der Waals surface area contributed by atoms with Gasteiger partial charge < -0.3 is 20.6 Å². The van der Waals surface area contributed by atoms with Gasteiger partial charge in [-0.1, -0.05) is 56.3 Å². The largest absolute Gasteiger partial charge is 0.378 e. The van der Waals surface area contributed by atoms with Crippen LogP contribution in [0.3, 0.4) is 0 Å². The molecule has 37 heavy (non-hydrogen) atoms. The fraction of sp³-hybridized carbons (Fsp3) is 0.250. The predicted molar refractivity (Wildman–Crippen MR) is 134 cm³/mol. The van der Waals surface area contributed by atoms with Gasteiger partial charge in [-0.2, -0.15) is 0 Å². The normalized spacial score (nSPS) is 16.4. The number of benzene rings is 3. The second-order valence-corrected chi connectivity index (χ2v) is 9.28. The molecule has 9 heteroatoms. The Hall–Kier alpha value is -4.11. The van der Waals surface area contributed by atoms with Crippen LogP contribution in [0.15, 0.2) is 66.7 Å². The standard InChI is InChI=1S/C28H27F2N3O4/c1-15(2)23(31-27(36)25(34)16-12-17(29)14-18(30)13-16)26(35)32-24-21-10-5-4-8-19(21)20-9-6-7-11-22(20)33(3)28(24)37/h4-15,23-25,34H,1-3H3,(H,31,36)(H,32,35). The molecule has 1 heterocycles. The Morgan fingerprint density at radius 3 is 2.16 bits per heavy atom. The quantitative estimate of drug-likeness (QED) is 0.475. The van der Waals surface area contributed by atoms with Crippen molar-refractivity contribution in [3.63, 3.8) is 0 Å². The maximum atomic E-state index is 13.6. The highest BCUT2D eigenvalue weighted by Gasteiger charge is 2.36. The molecule has 4 rings (SSSR count). The Labute approximate surface area is 213 Å². The molecule has 192 valence electrons. The summed E-state index contributed by atoms with van der Waals surface area (Å²) in [6.45, 7) is 3.37. The zero-order chi connectivity index (χ0) is 26.9. The Morgan fingerprint density at radius 2 is 1.51 bits per heavy atom. The molecule has 0 aliphatic carbocycles. The fourth-order valence-electron chi connectivity index (χ4n) is 4.46. The number of amides is 3. The van der Waals surface area contributed by atoms with Gasteiger partial charge in [0.25, 0.3) is 11.8 Å². The van der Waals surface area contributed by atoms with E-state index >= 15 is 0 Å². The van der Waals surface area contributed by atoms with Gasteiger partial charge in [-0.15, -0.1) is 0 Å². The number of rotatable bonds is 6. The van der Waals surface area contributed by atoms with E-state index in [1.54, 1.807) is 33.0 Å². The second kappa shape index (κ2) is 10.5. The number of likely N-dealkylation sites (N-methyl/N-ethyl adjacent to an activating group) is 1. The van der Waals surface area contributed by atoms with E-state index in [1.165, 1.54) is 4.90 Å². The van der Waals surface area contributed by atoms with Gasteiger partial charge >= 0.3 is 0 Å². The number of aliphatic hydroxyl groups is 1. The summed E-state index contributed by atoms with van der Waals surface area (Å²) >= 11 is 0. The van der Waals surface area contributed by atoms with Crippen LogP contribution >= 0.6 is 0 Å². The van der Waals surface area contributed by atoms with E-state index in [1.807, 2.05) is 36.4 Å². The summed E-state index contributed by atoms with van der Waals surface area (Å²) < 4.78 is 27.1. The zero-order valence-electron chi connectivity index (χ0n) is 20.5. The number of carbonyl (C=O) groups is 3. The lowest BCUT2D eigenvalue weighted by Crippen LogP contribution is -2.53. The van der Waals surface area contributed by atoms with Gasteiger partial charge in [-0.3, -0.25) is 14.4 Å². The van der Waals surface area contributed by atoms with Crippen LogP contribution in [0.4, 0.5) is 14.5 Å². The minimum atomic E-state index is -1.90. The first kappa shape index (κ1) is 26.0. The van der Waals surface area contributed by atoms with Crippen molar-refractivity contribution in [1.29, 1.82) is 0 Å². The van der Waals surface area contributed by atoms with E-state index in [4.69, 9.17) is 0 Å². The summed E-state index contributed by atoms with van der Waals surface area (Å²) in [7, 11) is 1.63. The van der Waals surface area contributed by atoms with Crippen LogP contribution in [0.2, 0.25) is 0 Å². The lowest BCUT2D eigenvalue weighted by molar-refractivity contribution is -0.136. The number of nitrogens with zero attached hydrogens (tertiary/aromatic N) is 1. The molecule has 0 saturated heterocycles. The number of hydrogen-bond acceptors (Lipinski definition) is 4. The van der Waals surface area contributed by atoms with E-state index in [9.17, 15) is 28.3 Å². The molecule has 3 amide bonds. The molecular formula is C28H27F2N3O4. The molecule has 0 fully saturated rings. The van der Waals surface area contributed by atoms with Crippen molar-refractivity contribution in [1.82, 2.24) is 10.6 Å². The minimum absolute atomic E-state index is 0.287. The number of anilines is 1. The average molecular weight is 508 g/mol. The van der Waals surface area contributed by atoms with Gasteiger partial charge in [0, 0.05) is 18.7 Å². The van der Waals surface area contributed by atoms with E-state index in [0.29, 0.717) is 17.3 Å². The molecule has 3 aromatic rings. The monoisotopic (exact) mass is 507 g/mol. The maximum Gasteiger partial charge on any atom is 0.254 e. The van der Waals surface area contributed by atoms with Crippen molar-refractivity contribution in [2.24, 2.45) is 5.92 Å². The van der Waals surface area contributed by atoms with Crippen LogP contribution in [-0.4, -0.2) is 35.9 Å². The lowest BCUT2D eigenvalue weighted by Gasteiger charge is -2.27. The van der Waals surface area contributed by atoms with Crippen LogP contribution in [0.1, 0.15) is 37.1 Å². The molecule has 3 unspecified atom stereocenters. The Kier molecular flexibility index (Phi) is 7.35. The fourth-order valence-corrected chi connectivity index (χ4v) is 4.46. The van der Waals surface area contributed by atoms with Gasteiger partial charge in [-0.25, -0.2) is 8.78 Å². The molecule has 0 aromatic heterocycles. The van der Waals surface area contributed by atoms with Crippen LogP contribution in [0.25, 0.3) is 11.1 Å². The van der Waals surface area contributed by atoms with Crippen LogP contribution in [-0.2, 0) is 14.4 Å². The predicted octanol–water partition coefficient (Wildman–Crippen LogP) is 3.64. The third kappa shape index (κ3) is 5.22. The molecule has 0 saturated carbocycles. The topological polar surface area (TPSA) is 98.7 Å². The number of carbonyl (C=O) groups excluding carboxylic acids is 3. The highest BCUT2D eigenvalue weighted by Crippen LogP contribution is 2.39. The molecular weight excluding hydrogens is 480 g/mol. The van der Waals surface area contributed by atoms with Crippen LogP contribution in [0, 0.1) is 17.6 Å². The molecule has 0 spiro atoms. The molecule has 1 aliphatic rings. The number of aliphatic hydroxyl groups excluding tert-OH is 1. The van der Waals surface area contributed by atoms with Crippen molar-refractivity contribution in [3.8, 4) is 11.1 Å². The number of halogens is 2. The number of nitrogens with one attached hydrogen (secondary N) is 2. The molecule has 1 aliphatic heterocycles. The molecule has 0 radical (unpaired) electrons. The smallest absolute Gasteiger partial charge is 0.254 e. The van der Waals surface area contributed by atoms with Crippen molar-refractivity contribution in [3.05, 3.63) is 89.5 Å². The van der Waals surface area contributed by atoms with Crippen LogP contribution < -0.4 is 15.5 Å². The summed E-state index contributed by atoms with van der Waals surface area (Å²) in [4.78, 5) is 41.1. The Balaban J connectivity index is 1.60. The van der Waals surface area contributed by atoms with Gasteiger partial charge in [0.1, 0.15) is 23.7 Å².